The van der Waals surface area contributed by atoms with Crippen LogP contribution in [0.1, 0.15) is 56.0 Å². The number of hydrogen-bond acceptors (Lipinski definition) is 2. The van der Waals surface area contributed by atoms with Crippen LogP contribution >= 0.6 is 0 Å². The Labute approximate surface area is 137 Å². The summed E-state index contributed by atoms with van der Waals surface area (Å²) in [6, 6.07) is 4.53. The van der Waals surface area contributed by atoms with Crippen molar-refractivity contribution in [2.75, 3.05) is 13.1 Å². The van der Waals surface area contributed by atoms with E-state index in [1.807, 2.05) is 4.90 Å². The van der Waals surface area contributed by atoms with Crippen molar-refractivity contribution in [3.63, 3.8) is 0 Å². The number of likely N-dealkylation sites (tertiary alicyclic amines) is 1. The number of hydrogen-bond donors (Lipinski definition) is 0. The number of Topliss-reactive ketones (excluding diaryl/α,β-unsaturated/α-hetero) is 1. The smallest absolute Gasteiger partial charge is 0.223 e. The zero-order chi connectivity index (χ0) is 17.2. The molecular weight excluding hydrogens is 293 g/mol. The molecule has 4 heteroatoms. The predicted molar refractivity (Wildman–Crippen MR) is 88.8 cm³/mol. The lowest BCUT2D eigenvalue weighted by Gasteiger charge is -2.33. The molecule has 0 atom stereocenters. The molecule has 126 valence electrons. The Balaban J connectivity index is 1.94. The molecule has 0 aromatic heterocycles. The Morgan fingerprint density at radius 2 is 1.83 bits per heavy atom. The second-order valence-corrected chi connectivity index (χ2v) is 7.72. The monoisotopic (exact) mass is 319 g/mol. The lowest BCUT2D eigenvalue weighted by Crippen LogP contribution is -2.41. The first-order valence-corrected chi connectivity index (χ1v) is 8.25. The molecule has 1 fully saturated rings. The Bertz CT molecular complexity index is 596. The second kappa shape index (κ2) is 6.81. The fourth-order valence-corrected chi connectivity index (χ4v) is 2.99. The fourth-order valence-electron chi connectivity index (χ4n) is 2.99. The number of carbonyl (C=O) groups excluding carboxylic acids is 2. The predicted octanol–water partition coefficient (Wildman–Crippen LogP) is 3.99. The molecule has 1 aliphatic heterocycles. The Hall–Kier alpha value is -1.71. The minimum Gasteiger partial charge on any atom is -0.343 e. The largest absolute Gasteiger partial charge is 0.343 e. The van der Waals surface area contributed by atoms with Gasteiger partial charge in [-0.1, -0.05) is 20.8 Å². The summed E-state index contributed by atoms with van der Waals surface area (Å²) in [5.41, 5.74) is 1.05. The quantitative estimate of drug-likeness (QED) is 0.790. The van der Waals surface area contributed by atoms with Gasteiger partial charge in [-0.3, -0.25) is 9.59 Å². The summed E-state index contributed by atoms with van der Waals surface area (Å²) in [6.07, 6.45) is 1.90. The average molecular weight is 319 g/mol. The van der Waals surface area contributed by atoms with E-state index in [2.05, 4.69) is 20.8 Å². The zero-order valence-electron chi connectivity index (χ0n) is 14.5. The van der Waals surface area contributed by atoms with Crippen molar-refractivity contribution in [1.82, 2.24) is 4.90 Å². The van der Waals surface area contributed by atoms with Crippen LogP contribution in [0.3, 0.4) is 0 Å². The van der Waals surface area contributed by atoms with Gasteiger partial charge >= 0.3 is 0 Å². The molecule has 3 nitrogen and oxygen atoms in total. The molecule has 0 bridgehead atoms. The van der Waals surface area contributed by atoms with Crippen molar-refractivity contribution in [2.45, 2.75) is 47.0 Å². The number of aryl methyl sites for hydroxylation is 1. The van der Waals surface area contributed by atoms with Crippen LogP contribution in [0.2, 0.25) is 0 Å². The maximum absolute atomic E-state index is 13.3. The van der Waals surface area contributed by atoms with Crippen LogP contribution in [0.15, 0.2) is 18.2 Å². The van der Waals surface area contributed by atoms with Crippen LogP contribution in [0.5, 0.6) is 0 Å². The summed E-state index contributed by atoms with van der Waals surface area (Å²) in [5.74, 6) is -0.125. The van der Waals surface area contributed by atoms with Gasteiger partial charge in [-0.15, -0.1) is 0 Å². The van der Waals surface area contributed by atoms with E-state index in [0.717, 1.165) is 0 Å². The normalized spacial score (nSPS) is 16.5. The highest BCUT2D eigenvalue weighted by Gasteiger charge is 2.29. The van der Waals surface area contributed by atoms with Crippen LogP contribution < -0.4 is 0 Å². The number of piperidine rings is 1. The molecule has 1 amide bonds. The molecule has 0 radical (unpaired) electrons. The van der Waals surface area contributed by atoms with Crippen molar-refractivity contribution < 1.29 is 14.0 Å². The Morgan fingerprint density at radius 1 is 1.22 bits per heavy atom. The Kier molecular flexibility index (Phi) is 5.23. The highest BCUT2D eigenvalue weighted by Crippen LogP contribution is 2.25. The molecule has 1 saturated heterocycles. The molecule has 0 spiro atoms. The molecule has 0 saturated carbocycles. The van der Waals surface area contributed by atoms with Gasteiger partial charge < -0.3 is 4.90 Å². The summed E-state index contributed by atoms with van der Waals surface area (Å²) in [7, 11) is 0. The topological polar surface area (TPSA) is 37.4 Å². The molecule has 0 N–H and O–H groups in total. The third-order valence-corrected chi connectivity index (χ3v) is 4.34. The number of benzene rings is 1. The molecule has 23 heavy (non-hydrogen) atoms. The van der Waals surface area contributed by atoms with E-state index in [-0.39, 0.29) is 28.8 Å². The first-order valence-electron chi connectivity index (χ1n) is 8.25. The van der Waals surface area contributed by atoms with Crippen molar-refractivity contribution in [3.8, 4) is 0 Å². The van der Waals surface area contributed by atoms with Gasteiger partial charge in [0.15, 0.2) is 5.78 Å². The second-order valence-electron chi connectivity index (χ2n) is 7.72. The van der Waals surface area contributed by atoms with Gasteiger partial charge in [0.2, 0.25) is 5.91 Å². The van der Waals surface area contributed by atoms with Gasteiger partial charge in [0.1, 0.15) is 5.82 Å². The van der Waals surface area contributed by atoms with Gasteiger partial charge in [0, 0.05) is 31.0 Å². The van der Waals surface area contributed by atoms with Crippen LogP contribution in [-0.2, 0) is 4.79 Å². The average Bonchev–Trinajstić information content (AvgIpc) is 2.48. The Morgan fingerprint density at radius 3 is 2.35 bits per heavy atom. The fraction of sp³-hybridized carbons (Fsp3) is 0.579. The highest BCUT2D eigenvalue weighted by molar-refractivity contribution is 5.98. The van der Waals surface area contributed by atoms with Crippen molar-refractivity contribution in [3.05, 3.63) is 35.1 Å². The van der Waals surface area contributed by atoms with Crippen LogP contribution in [0, 0.1) is 24.1 Å². The van der Waals surface area contributed by atoms with Gasteiger partial charge in [0.05, 0.1) is 0 Å². The van der Waals surface area contributed by atoms with Crippen molar-refractivity contribution >= 4 is 11.7 Å². The zero-order valence-corrected chi connectivity index (χ0v) is 14.5. The lowest BCUT2D eigenvalue weighted by atomic mass is 9.87. The van der Waals surface area contributed by atoms with E-state index in [1.165, 1.54) is 6.07 Å². The molecular formula is C19H26FNO2. The number of amides is 1. The first kappa shape index (κ1) is 17.6. The molecule has 1 heterocycles. The summed E-state index contributed by atoms with van der Waals surface area (Å²) in [6.45, 7) is 9.09. The maximum Gasteiger partial charge on any atom is 0.223 e. The van der Waals surface area contributed by atoms with Gasteiger partial charge in [-0.2, -0.15) is 0 Å². The van der Waals surface area contributed by atoms with E-state index >= 15 is 0 Å². The van der Waals surface area contributed by atoms with Gasteiger partial charge in [0.25, 0.3) is 0 Å². The van der Waals surface area contributed by atoms with Gasteiger partial charge in [-0.05, 0) is 48.9 Å². The van der Waals surface area contributed by atoms with Crippen LogP contribution in [0.25, 0.3) is 0 Å². The van der Waals surface area contributed by atoms with E-state index < -0.39 is 0 Å². The highest BCUT2D eigenvalue weighted by atomic mass is 19.1. The summed E-state index contributed by atoms with van der Waals surface area (Å²) in [5, 5.41) is 0. The van der Waals surface area contributed by atoms with Crippen molar-refractivity contribution in [2.24, 2.45) is 11.3 Å². The summed E-state index contributed by atoms with van der Waals surface area (Å²) in [4.78, 5) is 26.7. The minimum atomic E-state index is -0.288. The molecule has 1 aliphatic rings. The van der Waals surface area contributed by atoms with E-state index in [1.54, 1.807) is 19.1 Å². The number of rotatable bonds is 3. The summed E-state index contributed by atoms with van der Waals surface area (Å²) < 4.78 is 13.3. The first-order chi connectivity index (χ1) is 10.7. The third-order valence-electron chi connectivity index (χ3n) is 4.34. The molecule has 0 aliphatic carbocycles. The van der Waals surface area contributed by atoms with Crippen LogP contribution in [0.4, 0.5) is 4.39 Å². The summed E-state index contributed by atoms with van der Waals surface area (Å²) >= 11 is 0. The van der Waals surface area contributed by atoms with Crippen LogP contribution in [-0.4, -0.2) is 29.7 Å². The number of halogens is 1. The standard InChI is InChI=1S/C19H26FNO2/c1-13-11-15(5-6-16(13)20)18(23)14-7-9-21(10-8-14)17(22)12-19(2,3)4/h5-6,11,14H,7-10,12H2,1-4H3. The minimum absolute atomic E-state index is 0.0185. The molecule has 1 aromatic rings. The molecule has 1 aromatic carbocycles. The SMILES string of the molecule is Cc1cc(C(=O)C2CCN(C(=O)CC(C)(C)C)CC2)ccc1F. The van der Waals surface area contributed by atoms with E-state index in [0.29, 0.717) is 43.5 Å². The number of ketones is 1. The lowest BCUT2D eigenvalue weighted by molar-refractivity contribution is -0.134. The number of nitrogens with zero attached hydrogens (tertiary/aromatic N) is 1. The van der Waals surface area contributed by atoms with E-state index in [4.69, 9.17) is 0 Å². The number of carbonyl (C=O) groups is 2. The van der Waals surface area contributed by atoms with Gasteiger partial charge in [-0.25, -0.2) is 4.39 Å². The maximum atomic E-state index is 13.3. The third kappa shape index (κ3) is 4.63. The van der Waals surface area contributed by atoms with Crippen molar-refractivity contribution in [1.29, 1.82) is 0 Å². The van der Waals surface area contributed by atoms with E-state index in [9.17, 15) is 14.0 Å². The molecule has 2 rings (SSSR count). The molecule has 0 unspecified atom stereocenters.